The third kappa shape index (κ3) is 3.74. The molecule has 1 N–H and O–H groups in total. The van der Waals surface area contributed by atoms with Crippen molar-refractivity contribution in [1.29, 1.82) is 0 Å². The molecular formula is C20H26FN5O. The van der Waals surface area contributed by atoms with E-state index in [1.54, 1.807) is 6.92 Å². The second-order valence-electron chi connectivity index (χ2n) is 7.49. The van der Waals surface area contributed by atoms with Crippen molar-refractivity contribution < 1.29 is 9.18 Å². The zero-order valence-corrected chi connectivity index (χ0v) is 15.7. The van der Waals surface area contributed by atoms with Gasteiger partial charge in [0.2, 0.25) is 5.91 Å². The highest BCUT2D eigenvalue weighted by Gasteiger charge is 2.34. The number of amides is 1. The van der Waals surface area contributed by atoms with Gasteiger partial charge in [0.15, 0.2) is 5.82 Å². The number of aryl methyl sites for hydroxylation is 2. The van der Waals surface area contributed by atoms with E-state index in [1.807, 2.05) is 17.0 Å². The molecule has 0 unspecified atom stereocenters. The predicted octanol–water partition coefficient (Wildman–Crippen LogP) is 2.52. The van der Waals surface area contributed by atoms with Crippen LogP contribution < -0.4 is 5.32 Å². The Labute approximate surface area is 158 Å². The molecule has 3 heterocycles. The molecule has 2 aliphatic heterocycles. The number of carbonyl (C=O) groups excluding carboxylic acids is 1. The van der Waals surface area contributed by atoms with Crippen LogP contribution in [0.5, 0.6) is 0 Å². The lowest BCUT2D eigenvalue weighted by molar-refractivity contribution is -0.132. The Morgan fingerprint density at radius 1 is 1.33 bits per heavy atom. The van der Waals surface area contributed by atoms with E-state index < -0.39 is 0 Å². The van der Waals surface area contributed by atoms with Crippen LogP contribution in [-0.4, -0.2) is 38.7 Å². The number of nitrogens with zero attached hydrogens (tertiary/aromatic N) is 4. The number of aromatic nitrogens is 3. The van der Waals surface area contributed by atoms with Gasteiger partial charge in [-0.15, -0.1) is 10.2 Å². The summed E-state index contributed by atoms with van der Waals surface area (Å²) in [4.78, 5) is 14.8. The Kier molecular flexibility index (Phi) is 5.20. The molecule has 27 heavy (non-hydrogen) atoms. The molecule has 0 aliphatic carbocycles. The van der Waals surface area contributed by atoms with Gasteiger partial charge in [-0.1, -0.05) is 12.1 Å². The molecule has 0 bridgehead atoms. The van der Waals surface area contributed by atoms with Gasteiger partial charge >= 0.3 is 0 Å². The zero-order chi connectivity index (χ0) is 18.8. The van der Waals surface area contributed by atoms with E-state index in [4.69, 9.17) is 0 Å². The first-order valence-electron chi connectivity index (χ1n) is 9.80. The lowest BCUT2D eigenvalue weighted by Gasteiger charge is -2.26. The summed E-state index contributed by atoms with van der Waals surface area (Å²) in [7, 11) is 0. The zero-order valence-electron chi connectivity index (χ0n) is 15.7. The first-order chi connectivity index (χ1) is 13.1. The second kappa shape index (κ2) is 7.76. The van der Waals surface area contributed by atoms with Crippen molar-refractivity contribution in [2.24, 2.45) is 0 Å². The maximum Gasteiger partial charge on any atom is 0.223 e. The smallest absolute Gasteiger partial charge is 0.223 e. The summed E-state index contributed by atoms with van der Waals surface area (Å²) in [5, 5.41) is 12.0. The Bertz CT molecular complexity index is 834. The van der Waals surface area contributed by atoms with Gasteiger partial charge in [0.05, 0.1) is 12.6 Å². The van der Waals surface area contributed by atoms with E-state index >= 15 is 0 Å². The van der Waals surface area contributed by atoms with E-state index in [-0.39, 0.29) is 17.8 Å². The maximum atomic E-state index is 13.4. The van der Waals surface area contributed by atoms with Crippen LogP contribution in [0.4, 0.5) is 4.39 Å². The first-order valence-corrected chi connectivity index (χ1v) is 9.80. The molecule has 1 amide bonds. The number of nitrogens with one attached hydrogen (secondary N) is 1. The maximum absolute atomic E-state index is 13.4. The molecular weight excluding hydrogens is 345 g/mol. The normalized spacial score (nSPS) is 19.3. The number of halogens is 1. The minimum absolute atomic E-state index is 0.0462. The van der Waals surface area contributed by atoms with Gasteiger partial charge in [-0.2, -0.15) is 0 Å². The number of benzene rings is 1. The molecule has 6 nitrogen and oxygen atoms in total. The molecule has 0 radical (unpaired) electrons. The first kappa shape index (κ1) is 18.1. The third-order valence-electron chi connectivity index (χ3n) is 5.60. The Balaban J connectivity index is 1.38. The van der Waals surface area contributed by atoms with Crippen molar-refractivity contribution in [3.8, 4) is 0 Å². The summed E-state index contributed by atoms with van der Waals surface area (Å²) < 4.78 is 15.5. The van der Waals surface area contributed by atoms with Crippen LogP contribution >= 0.6 is 0 Å². The van der Waals surface area contributed by atoms with E-state index in [0.717, 1.165) is 69.1 Å². The average Bonchev–Trinajstić information content (AvgIpc) is 3.31. The number of hydrogen-bond donors (Lipinski definition) is 1. The SMILES string of the molecule is Cc1cc(CCCC(=O)N2CCC[C@H]2c2nnc3n2CCNC3)ccc1F. The minimum Gasteiger partial charge on any atom is -0.332 e. The van der Waals surface area contributed by atoms with Crippen molar-refractivity contribution >= 4 is 5.91 Å². The molecule has 4 rings (SSSR count). The standard InChI is InChI=1S/C20H26FN5O/c1-14-12-15(7-8-16(14)21)4-2-6-19(27)25-10-3-5-17(25)20-24-23-18-13-22-9-11-26(18)20/h7-8,12,17,22H,2-6,9-11,13H2,1H3/t17-/m0/s1. The van der Waals surface area contributed by atoms with Crippen LogP contribution in [0.3, 0.4) is 0 Å². The fraction of sp³-hybridized carbons (Fsp3) is 0.550. The van der Waals surface area contributed by atoms with Gasteiger partial charge in [-0.25, -0.2) is 4.39 Å². The molecule has 144 valence electrons. The molecule has 0 spiro atoms. The number of likely N-dealkylation sites (tertiary alicyclic amines) is 1. The summed E-state index contributed by atoms with van der Waals surface area (Å²) in [6.45, 7) is 5.08. The minimum atomic E-state index is -0.179. The summed E-state index contributed by atoms with van der Waals surface area (Å²) in [6.07, 6.45) is 4.03. The largest absolute Gasteiger partial charge is 0.332 e. The number of hydrogen-bond acceptors (Lipinski definition) is 4. The van der Waals surface area contributed by atoms with Crippen LogP contribution in [0.25, 0.3) is 0 Å². The molecule has 1 saturated heterocycles. The summed E-state index contributed by atoms with van der Waals surface area (Å²) in [5.74, 6) is 1.90. The van der Waals surface area contributed by atoms with Gasteiger partial charge in [0.1, 0.15) is 11.6 Å². The molecule has 2 aromatic rings. The fourth-order valence-corrected chi connectivity index (χ4v) is 4.14. The lowest BCUT2D eigenvalue weighted by atomic mass is 10.0. The van der Waals surface area contributed by atoms with Crippen LogP contribution in [0.1, 0.15) is 54.5 Å². The van der Waals surface area contributed by atoms with Gasteiger partial charge in [-0.05, 0) is 49.8 Å². The summed E-state index contributed by atoms with van der Waals surface area (Å²) in [6, 6.07) is 5.23. The van der Waals surface area contributed by atoms with E-state index in [0.29, 0.717) is 12.0 Å². The molecule has 1 aromatic carbocycles. The third-order valence-corrected chi connectivity index (χ3v) is 5.60. The Morgan fingerprint density at radius 2 is 2.22 bits per heavy atom. The molecule has 2 aliphatic rings. The summed E-state index contributed by atoms with van der Waals surface area (Å²) in [5.41, 5.74) is 1.74. The molecule has 1 atom stereocenters. The lowest BCUT2D eigenvalue weighted by Crippen LogP contribution is -2.34. The highest BCUT2D eigenvalue weighted by molar-refractivity contribution is 5.77. The molecule has 0 saturated carbocycles. The van der Waals surface area contributed by atoms with E-state index in [2.05, 4.69) is 20.1 Å². The fourth-order valence-electron chi connectivity index (χ4n) is 4.14. The Hall–Kier alpha value is -2.28. The van der Waals surface area contributed by atoms with E-state index in [1.165, 1.54) is 6.07 Å². The second-order valence-corrected chi connectivity index (χ2v) is 7.49. The molecule has 1 fully saturated rings. The monoisotopic (exact) mass is 371 g/mol. The van der Waals surface area contributed by atoms with Crippen LogP contribution in [-0.2, 0) is 24.3 Å². The van der Waals surface area contributed by atoms with Crippen molar-refractivity contribution in [1.82, 2.24) is 25.0 Å². The van der Waals surface area contributed by atoms with E-state index in [9.17, 15) is 9.18 Å². The summed E-state index contributed by atoms with van der Waals surface area (Å²) >= 11 is 0. The van der Waals surface area contributed by atoms with Gasteiger partial charge in [0, 0.05) is 26.1 Å². The molecule has 1 aromatic heterocycles. The van der Waals surface area contributed by atoms with Crippen molar-refractivity contribution in [2.45, 2.75) is 58.2 Å². The number of fused-ring (bicyclic) bond motifs is 1. The predicted molar refractivity (Wildman–Crippen MR) is 99.5 cm³/mol. The highest BCUT2D eigenvalue weighted by atomic mass is 19.1. The van der Waals surface area contributed by atoms with Gasteiger partial charge in [-0.3, -0.25) is 4.79 Å². The van der Waals surface area contributed by atoms with Crippen LogP contribution in [0, 0.1) is 12.7 Å². The number of rotatable bonds is 5. The van der Waals surface area contributed by atoms with Crippen molar-refractivity contribution in [2.75, 3.05) is 13.1 Å². The Morgan fingerprint density at radius 3 is 3.07 bits per heavy atom. The number of carbonyl (C=O) groups is 1. The molecule has 7 heteroatoms. The van der Waals surface area contributed by atoms with Gasteiger partial charge < -0.3 is 14.8 Å². The van der Waals surface area contributed by atoms with Crippen LogP contribution in [0.2, 0.25) is 0 Å². The average molecular weight is 371 g/mol. The topological polar surface area (TPSA) is 63.1 Å². The van der Waals surface area contributed by atoms with Crippen molar-refractivity contribution in [3.63, 3.8) is 0 Å². The van der Waals surface area contributed by atoms with Crippen LogP contribution in [0.15, 0.2) is 18.2 Å². The van der Waals surface area contributed by atoms with Crippen molar-refractivity contribution in [3.05, 3.63) is 46.8 Å². The van der Waals surface area contributed by atoms with Gasteiger partial charge in [0.25, 0.3) is 0 Å². The highest BCUT2D eigenvalue weighted by Crippen LogP contribution is 2.32. The quantitative estimate of drug-likeness (QED) is 0.877.